The summed E-state index contributed by atoms with van der Waals surface area (Å²) in [6.07, 6.45) is 0. The van der Waals surface area contributed by atoms with Gasteiger partial charge in [-0.3, -0.25) is 0 Å². The average Bonchev–Trinajstić information content (AvgIpc) is 2.41. The SMILES string of the molecule is COc1ccc(-c2nc(C)c(C)c(NN)n2)cc1Br. The lowest BCUT2D eigenvalue weighted by Gasteiger charge is -2.10. The first-order valence-corrected chi connectivity index (χ1v) is 6.52. The van der Waals surface area contributed by atoms with Crippen LogP contribution in [0.25, 0.3) is 11.4 Å². The van der Waals surface area contributed by atoms with Crippen LogP contribution in [0.3, 0.4) is 0 Å². The molecule has 2 rings (SSSR count). The highest BCUT2D eigenvalue weighted by atomic mass is 79.9. The third-order valence-corrected chi connectivity index (χ3v) is 3.56. The first-order chi connectivity index (χ1) is 9.06. The van der Waals surface area contributed by atoms with Crippen LogP contribution in [-0.2, 0) is 0 Å². The average molecular weight is 323 g/mol. The molecule has 1 heterocycles. The van der Waals surface area contributed by atoms with Gasteiger partial charge in [0.05, 0.1) is 11.6 Å². The molecule has 0 aliphatic heterocycles. The van der Waals surface area contributed by atoms with Crippen LogP contribution in [0, 0.1) is 13.8 Å². The molecule has 0 fully saturated rings. The van der Waals surface area contributed by atoms with Gasteiger partial charge >= 0.3 is 0 Å². The number of benzene rings is 1. The van der Waals surface area contributed by atoms with Crippen molar-refractivity contribution in [1.29, 1.82) is 0 Å². The van der Waals surface area contributed by atoms with Gasteiger partial charge in [-0.1, -0.05) is 0 Å². The summed E-state index contributed by atoms with van der Waals surface area (Å²) >= 11 is 3.45. The lowest BCUT2D eigenvalue weighted by molar-refractivity contribution is 0.412. The lowest BCUT2D eigenvalue weighted by atomic mass is 10.2. The molecule has 0 saturated carbocycles. The smallest absolute Gasteiger partial charge is 0.161 e. The molecule has 0 aliphatic carbocycles. The number of aromatic nitrogens is 2. The number of hydrogen-bond acceptors (Lipinski definition) is 5. The number of nitrogens with one attached hydrogen (secondary N) is 1. The van der Waals surface area contributed by atoms with Crippen LogP contribution >= 0.6 is 15.9 Å². The number of ether oxygens (including phenoxy) is 1. The molecule has 3 N–H and O–H groups in total. The fourth-order valence-electron chi connectivity index (χ4n) is 1.70. The number of aryl methyl sites for hydroxylation is 1. The highest BCUT2D eigenvalue weighted by Crippen LogP contribution is 2.30. The highest BCUT2D eigenvalue weighted by molar-refractivity contribution is 9.10. The van der Waals surface area contributed by atoms with Crippen molar-refractivity contribution in [2.24, 2.45) is 5.84 Å². The van der Waals surface area contributed by atoms with Crippen LogP contribution in [0.1, 0.15) is 11.3 Å². The molecular weight excluding hydrogens is 308 g/mol. The van der Waals surface area contributed by atoms with Crippen molar-refractivity contribution < 1.29 is 4.74 Å². The van der Waals surface area contributed by atoms with Crippen LogP contribution in [0.4, 0.5) is 5.82 Å². The van der Waals surface area contributed by atoms with Gasteiger partial charge in [-0.05, 0) is 48.0 Å². The minimum absolute atomic E-state index is 0.624. The molecular formula is C13H15BrN4O. The van der Waals surface area contributed by atoms with E-state index in [0.29, 0.717) is 11.6 Å². The summed E-state index contributed by atoms with van der Waals surface area (Å²) in [5.41, 5.74) is 5.33. The summed E-state index contributed by atoms with van der Waals surface area (Å²) < 4.78 is 6.06. The molecule has 0 aliphatic rings. The number of rotatable bonds is 3. The molecule has 0 amide bonds. The number of halogens is 1. The molecule has 6 heteroatoms. The number of nitrogens with zero attached hydrogens (tertiary/aromatic N) is 2. The Hall–Kier alpha value is -1.66. The van der Waals surface area contributed by atoms with E-state index in [-0.39, 0.29) is 0 Å². The van der Waals surface area contributed by atoms with Crippen LogP contribution in [0.5, 0.6) is 5.75 Å². The highest BCUT2D eigenvalue weighted by Gasteiger charge is 2.10. The quantitative estimate of drug-likeness (QED) is 0.671. The monoisotopic (exact) mass is 322 g/mol. The van der Waals surface area contributed by atoms with E-state index in [1.54, 1.807) is 7.11 Å². The van der Waals surface area contributed by atoms with E-state index >= 15 is 0 Å². The Morgan fingerprint density at radius 2 is 2.00 bits per heavy atom. The summed E-state index contributed by atoms with van der Waals surface area (Å²) in [5.74, 6) is 7.50. The molecule has 0 radical (unpaired) electrons. The van der Waals surface area contributed by atoms with Crippen molar-refractivity contribution in [3.05, 3.63) is 33.9 Å². The van der Waals surface area contributed by atoms with Gasteiger partial charge in [0.25, 0.3) is 0 Å². The first kappa shape index (κ1) is 13.8. The van der Waals surface area contributed by atoms with E-state index in [1.807, 2.05) is 32.0 Å². The van der Waals surface area contributed by atoms with E-state index in [9.17, 15) is 0 Å². The van der Waals surface area contributed by atoms with Gasteiger partial charge in [-0.25, -0.2) is 15.8 Å². The molecule has 0 bridgehead atoms. The Morgan fingerprint density at radius 3 is 2.58 bits per heavy atom. The standard InChI is InChI=1S/C13H15BrN4O/c1-7-8(2)16-13(17-12(7)18-15)9-4-5-11(19-3)10(14)6-9/h4-6H,15H2,1-3H3,(H,16,17,18). The summed E-state index contributed by atoms with van der Waals surface area (Å²) in [4.78, 5) is 8.89. The zero-order valence-electron chi connectivity index (χ0n) is 11.0. The largest absolute Gasteiger partial charge is 0.496 e. The van der Waals surface area contributed by atoms with Crippen molar-refractivity contribution in [2.75, 3.05) is 12.5 Å². The second kappa shape index (κ2) is 5.54. The molecule has 0 spiro atoms. The molecule has 1 aromatic carbocycles. The lowest BCUT2D eigenvalue weighted by Crippen LogP contribution is -2.12. The van der Waals surface area contributed by atoms with E-state index < -0.39 is 0 Å². The predicted molar refractivity (Wildman–Crippen MR) is 79.0 cm³/mol. The topological polar surface area (TPSA) is 73.1 Å². The number of hydrogen-bond donors (Lipinski definition) is 2. The number of anilines is 1. The van der Waals surface area contributed by atoms with Crippen LogP contribution < -0.4 is 16.0 Å². The molecule has 0 atom stereocenters. The zero-order valence-corrected chi connectivity index (χ0v) is 12.6. The summed E-state index contributed by atoms with van der Waals surface area (Å²) in [6.45, 7) is 3.86. The maximum atomic E-state index is 5.47. The van der Waals surface area contributed by atoms with Crippen molar-refractivity contribution in [1.82, 2.24) is 9.97 Å². The molecule has 2 aromatic rings. The second-order valence-electron chi connectivity index (χ2n) is 4.10. The van der Waals surface area contributed by atoms with Gasteiger partial charge in [0.15, 0.2) is 5.82 Å². The Morgan fingerprint density at radius 1 is 1.26 bits per heavy atom. The van der Waals surface area contributed by atoms with E-state index in [0.717, 1.165) is 27.0 Å². The van der Waals surface area contributed by atoms with Gasteiger partial charge in [-0.15, -0.1) is 0 Å². The third kappa shape index (κ3) is 2.69. The van der Waals surface area contributed by atoms with Gasteiger partial charge in [0.1, 0.15) is 11.6 Å². The Kier molecular flexibility index (Phi) is 4.01. The summed E-state index contributed by atoms with van der Waals surface area (Å²) in [7, 11) is 1.63. The number of nitrogen functional groups attached to an aromatic ring is 1. The van der Waals surface area contributed by atoms with Crippen LogP contribution in [0.2, 0.25) is 0 Å². The molecule has 1 aromatic heterocycles. The fourth-order valence-corrected chi connectivity index (χ4v) is 2.24. The van der Waals surface area contributed by atoms with Gasteiger partial charge in [-0.2, -0.15) is 0 Å². The van der Waals surface area contributed by atoms with E-state index in [4.69, 9.17) is 10.6 Å². The first-order valence-electron chi connectivity index (χ1n) is 5.72. The summed E-state index contributed by atoms with van der Waals surface area (Å²) in [5, 5.41) is 0. The summed E-state index contributed by atoms with van der Waals surface area (Å²) in [6, 6.07) is 5.70. The Balaban J connectivity index is 2.53. The van der Waals surface area contributed by atoms with Crippen molar-refractivity contribution >= 4 is 21.7 Å². The van der Waals surface area contributed by atoms with Gasteiger partial charge in [0, 0.05) is 16.8 Å². The number of methoxy groups -OCH3 is 1. The molecule has 0 saturated heterocycles. The van der Waals surface area contributed by atoms with Crippen molar-refractivity contribution in [3.8, 4) is 17.1 Å². The molecule has 5 nitrogen and oxygen atoms in total. The van der Waals surface area contributed by atoms with Gasteiger partial charge < -0.3 is 10.2 Å². The minimum Gasteiger partial charge on any atom is -0.496 e. The van der Waals surface area contributed by atoms with Gasteiger partial charge in [0.2, 0.25) is 0 Å². The Bertz CT molecular complexity index is 616. The molecule has 19 heavy (non-hydrogen) atoms. The second-order valence-corrected chi connectivity index (χ2v) is 4.95. The van der Waals surface area contributed by atoms with Crippen molar-refractivity contribution in [2.45, 2.75) is 13.8 Å². The predicted octanol–water partition coefficient (Wildman–Crippen LogP) is 2.82. The zero-order chi connectivity index (χ0) is 14.0. The number of nitrogens with two attached hydrogens (primary N) is 1. The third-order valence-electron chi connectivity index (χ3n) is 2.94. The fraction of sp³-hybridized carbons (Fsp3) is 0.231. The van der Waals surface area contributed by atoms with Crippen LogP contribution in [0.15, 0.2) is 22.7 Å². The maximum Gasteiger partial charge on any atom is 0.161 e. The molecule has 0 unspecified atom stereocenters. The van der Waals surface area contributed by atoms with Crippen LogP contribution in [-0.4, -0.2) is 17.1 Å². The maximum absolute atomic E-state index is 5.47. The molecule has 100 valence electrons. The van der Waals surface area contributed by atoms with Crippen molar-refractivity contribution in [3.63, 3.8) is 0 Å². The van der Waals surface area contributed by atoms with E-state index in [2.05, 4.69) is 31.3 Å². The minimum atomic E-state index is 0.624. The van der Waals surface area contributed by atoms with E-state index in [1.165, 1.54) is 0 Å². The Labute approximate surface area is 120 Å². The normalized spacial score (nSPS) is 10.4. The number of hydrazine groups is 1.